The third kappa shape index (κ3) is 5.00. The SMILES string of the molecule is CC#CCCC(O)CCc1cccc(C)c1. The summed E-state index contributed by atoms with van der Waals surface area (Å²) in [6.07, 6.45) is 3.14. The smallest absolute Gasteiger partial charge is 0.0552 e. The van der Waals surface area contributed by atoms with Gasteiger partial charge in [-0.2, -0.15) is 0 Å². The summed E-state index contributed by atoms with van der Waals surface area (Å²) in [6, 6.07) is 8.46. The number of aliphatic hydroxyl groups excluding tert-OH is 1. The predicted molar refractivity (Wildman–Crippen MR) is 68.2 cm³/mol. The molecule has 0 bridgehead atoms. The maximum absolute atomic E-state index is 9.74. The van der Waals surface area contributed by atoms with E-state index < -0.39 is 0 Å². The summed E-state index contributed by atoms with van der Waals surface area (Å²) in [6.45, 7) is 3.93. The molecule has 1 N–H and O–H groups in total. The highest BCUT2D eigenvalue weighted by Gasteiger charge is 2.03. The number of aryl methyl sites for hydroxylation is 2. The average Bonchev–Trinajstić information content (AvgIpc) is 2.27. The van der Waals surface area contributed by atoms with Crippen molar-refractivity contribution in [3.8, 4) is 11.8 Å². The number of rotatable bonds is 5. The van der Waals surface area contributed by atoms with Gasteiger partial charge < -0.3 is 5.11 Å². The first-order chi connectivity index (χ1) is 7.72. The fraction of sp³-hybridized carbons (Fsp3) is 0.467. The lowest BCUT2D eigenvalue weighted by molar-refractivity contribution is 0.156. The Bertz CT molecular complexity index is 371. The Morgan fingerprint density at radius 3 is 2.81 bits per heavy atom. The van der Waals surface area contributed by atoms with Gasteiger partial charge in [0, 0.05) is 6.42 Å². The Labute approximate surface area is 98.5 Å². The molecule has 1 heteroatoms. The summed E-state index contributed by atoms with van der Waals surface area (Å²) < 4.78 is 0. The van der Waals surface area contributed by atoms with E-state index in [2.05, 4.69) is 43.0 Å². The molecule has 1 atom stereocenters. The summed E-state index contributed by atoms with van der Waals surface area (Å²) in [4.78, 5) is 0. The second-order valence-electron chi connectivity index (χ2n) is 4.15. The van der Waals surface area contributed by atoms with Gasteiger partial charge >= 0.3 is 0 Å². The fourth-order valence-electron chi connectivity index (χ4n) is 1.71. The number of aliphatic hydroxyl groups is 1. The van der Waals surface area contributed by atoms with Crippen LogP contribution in [0.1, 0.15) is 37.3 Å². The Morgan fingerprint density at radius 2 is 2.12 bits per heavy atom. The van der Waals surface area contributed by atoms with Crippen LogP contribution in [-0.2, 0) is 6.42 Å². The summed E-state index contributed by atoms with van der Waals surface area (Å²) in [5.74, 6) is 5.82. The molecular formula is C15H20O. The summed E-state index contributed by atoms with van der Waals surface area (Å²) in [7, 11) is 0. The van der Waals surface area contributed by atoms with E-state index >= 15 is 0 Å². The van der Waals surface area contributed by atoms with Crippen LogP contribution in [0.15, 0.2) is 24.3 Å². The molecule has 16 heavy (non-hydrogen) atoms. The van der Waals surface area contributed by atoms with Crippen molar-refractivity contribution in [2.45, 2.75) is 45.6 Å². The predicted octanol–water partition coefficient (Wildman–Crippen LogP) is 3.09. The highest BCUT2D eigenvalue weighted by atomic mass is 16.3. The lowest BCUT2D eigenvalue weighted by atomic mass is 10.0. The number of hydrogen-bond donors (Lipinski definition) is 1. The van der Waals surface area contributed by atoms with Crippen LogP contribution in [0, 0.1) is 18.8 Å². The van der Waals surface area contributed by atoms with E-state index in [1.807, 2.05) is 6.92 Å². The van der Waals surface area contributed by atoms with Crippen molar-refractivity contribution < 1.29 is 5.11 Å². The molecule has 0 fully saturated rings. The molecule has 1 aromatic rings. The summed E-state index contributed by atoms with van der Waals surface area (Å²) in [5, 5.41) is 9.74. The topological polar surface area (TPSA) is 20.2 Å². The van der Waals surface area contributed by atoms with E-state index in [4.69, 9.17) is 0 Å². The molecule has 1 nitrogen and oxygen atoms in total. The maximum Gasteiger partial charge on any atom is 0.0552 e. The number of hydrogen-bond acceptors (Lipinski definition) is 1. The maximum atomic E-state index is 9.74. The monoisotopic (exact) mass is 216 g/mol. The van der Waals surface area contributed by atoms with Gasteiger partial charge in [-0.25, -0.2) is 0 Å². The lowest BCUT2D eigenvalue weighted by Gasteiger charge is -2.08. The van der Waals surface area contributed by atoms with Gasteiger partial charge in [0.15, 0.2) is 0 Å². The molecule has 1 rings (SSSR count). The molecular weight excluding hydrogens is 196 g/mol. The minimum Gasteiger partial charge on any atom is -0.393 e. The molecule has 0 aromatic heterocycles. The molecule has 1 unspecified atom stereocenters. The van der Waals surface area contributed by atoms with Crippen molar-refractivity contribution in [2.75, 3.05) is 0 Å². The summed E-state index contributed by atoms with van der Waals surface area (Å²) >= 11 is 0. The van der Waals surface area contributed by atoms with Crippen LogP contribution in [0.3, 0.4) is 0 Å². The molecule has 0 aliphatic carbocycles. The molecule has 0 amide bonds. The van der Waals surface area contributed by atoms with Crippen molar-refractivity contribution in [3.63, 3.8) is 0 Å². The van der Waals surface area contributed by atoms with E-state index in [1.165, 1.54) is 11.1 Å². The van der Waals surface area contributed by atoms with Crippen LogP contribution in [-0.4, -0.2) is 11.2 Å². The third-order valence-electron chi connectivity index (χ3n) is 2.63. The van der Waals surface area contributed by atoms with E-state index in [0.717, 1.165) is 25.7 Å². The van der Waals surface area contributed by atoms with Crippen LogP contribution >= 0.6 is 0 Å². The van der Waals surface area contributed by atoms with Crippen LogP contribution < -0.4 is 0 Å². The number of benzene rings is 1. The first kappa shape index (κ1) is 12.8. The van der Waals surface area contributed by atoms with E-state index in [9.17, 15) is 5.11 Å². The van der Waals surface area contributed by atoms with Gasteiger partial charge in [0.1, 0.15) is 0 Å². The van der Waals surface area contributed by atoms with Gasteiger partial charge in [-0.05, 0) is 38.7 Å². The first-order valence-electron chi connectivity index (χ1n) is 5.85. The standard InChI is InChI=1S/C15H20O/c1-3-4-5-9-15(16)11-10-14-8-6-7-13(2)12-14/h6-8,12,15-16H,5,9-11H2,1-2H3. The van der Waals surface area contributed by atoms with Gasteiger partial charge in [0.25, 0.3) is 0 Å². The Balaban J connectivity index is 2.30. The van der Waals surface area contributed by atoms with Crippen LogP contribution in [0.2, 0.25) is 0 Å². The van der Waals surface area contributed by atoms with Gasteiger partial charge in [-0.1, -0.05) is 29.8 Å². The molecule has 0 aliphatic rings. The minimum absolute atomic E-state index is 0.221. The first-order valence-corrected chi connectivity index (χ1v) is 5.85. The molecule has 0 radical (unpaired) electrons. The van der Waals surface area contributed by atoms with Crippen molar-refractivity contribution in [3.05, 3.63) is 35.4 Å². The zero-order valence-electron chi connectivity index (χ0n) is 10.2. The molecule has 0 saturated carbocycles. The lowest BCUT2D eigenvalue weighted by Crippen LogP contribution is -2.07. The Hall–Kier alpha value is -1.26. The second-order valence-corrected chi connectivity index (χ2v) is 4.15. The van der Waals surface area contributed by atoms with Crippen LogP contribution in [0.25, 0.3) is 0 Å². The molecule has 0 aliphatic heterocycles. The van der Waals surface area contributed by atoms with Crippen molar-refractivity contribution >= 4 is 0 Å². The second kappa shape index (κ2) is 7.09. The van der Waals surface area contributed by atoms with Crippen molar-refractivity contribution in [2.24, 2.45) is 0 Å². The molecule has 0 spiro atoms. The minimum atomic E-state index is -0.221. The van der Waals surface area contributed by atoms with E-state index in [1.54, 1.807) is 0 Å². The molecule has 1 aromatic carbocycles. The molecule has 0 saturated heterocycles. The van der Waals surface area contributed by atoms with Gasteiger partial charge in [-0.3, -0.25) is 0 Å². The fourth-order valence-corrected chi connectivity index (χ4v) is 1.71. The highest BCUT2D eigenvalue weighted by Crippen LogP contribution is 2.10. The third-order valence-corrected chi connectivity index (χ3v) is 2.63. The zero-order chi connectivity index (χ0) is 11.8. The highest BCUT2D eigenvalue weighted by molar-refractivity contribution is 5.22. The molecule has 86 valence electrons. The average molecular weight is 216 g/mol. The normalized spacial score (nSPS) is 11.7. The summed E-state index contributed by atoms with van der Waals surface area (Å²) in [5.41, 5.74) is 2.59. The Kier molecular flexibility index (Phi) is 5.67. The Morgan fingerprint density at radius 1 is 1.31 bits per heavy atom. The van der Waals surface area contributed by atoms with Gasteiger partial charge in [0.05, 0.1) is 6.10 Å². The largest absolute Gasteiger partial charge is 0.393 e. The quantitative estimate of drug-likeness (QED) is 0.750. The molecule has 0 heterocycles. The van der Waals surface area contributed by atoms with E-state index in [0.29, 0.717) is 0 Å². The van der Waals surface area contributed by atoms with Crippen molar-refractivity contribution in [1.82, 2.24) is 0 Å². The zero-order valence-corrected chi connectivity index (χ0v) is 10.2. The van der Waals surface area contributed by atoms with Crippen molar-refractivity contribution in [1.29, 1.82) is 0 Å². The van der Waals surface area contributed by atoms with Crippen LogP contribution in [0.4, 0.5) is 0 Å². The van der Waals surface area contributed by atoms with Gasteiger partial charge in [0.2, 0.25) is 0 Å². The van der Waals surface area contributed by atoms with Crippen LogP contribution in [0.5, 0.6) is 0 Å². The van der Waals surface area contributed by atoms with E-state index in [-0.39, 0.29) is 6.10 Å². The van der Waals surface area contributed by atoms with Gasteiger partial charge in [-0.15, -0.1) is 11.8 Å².